The zero-order chi connectivity index (χ0) is 19.3. The van der Waals surface area contributed by atoms with E-state index >= 15 is 0 Å². The maximum atomic E-state index is 13.1. The molecule has 0 bridgehead atoms. The van der Waals surface area contributed by atoms with Gasteiger partial charge in [-0.05, 0) is 42.5 Å². The highest BCUT2D eigenvalue weighted by Gasteiger charge is 2.19. The lowest BCUT2D eigenvalue weighted by atomic mass is 10.2. The minimum absolute atomic E-state index is 0.227. The van der Waals surface area contributed by atoms with Gasteiger partial charge in [-0.2, -0.15) is 15.3 Å². The topological polar surface area (TPSA) is 81.0 Å². The monoisotopic (exact) mass is 375 g/mol. The molecule has 2 aromatic carbocycles. The highest BCUT2D eigenvalue weighted by atomic mass is 19.1. The number of nitrogens with zero attached hydrogens (tertiary/aromatic N) is 6. The fourth-order valence-corrected chi connectivity index (χ4v) is 3.14. The minimum Gasteiger partial charge on any atom is -0.368 e. The van der Waals surface area contributed by atoms with Crippen LogP contribution in [0.4, 0.5) is 27.5 Å². The SMILES string of the molecule is N#Cc1cccc(Nc2nncc(N3CCN(c4ccc(F)cc4)CC3)n2)c1. The van der Waals surface area contributed by atoms with E-state index in [9.17, 15) is 4.39 Å². The second-order valence-electron chi connectivity index (χ2n) is 6.41. The Morgan fingerprint density at radius 1 is 1.00 bits per heavy atom. The summed E-state index contributed by atoms with van der Waals surface area (Å²) in [7, 11) is 0. The fourth-order valence-electron chi connectivity index (χ4n) is 3.14. The molecular weight excluding hydrogens is 357 g/mol. The number of piperazine rings is 1. The summed E-state index contributed by atoms with van der Waals surface area (Å²) in [6.45, 7) is 3.17. The summed E-state index contributed by atoms with van der Waals surface area (Å²) in [5, 5.41) is 20.2. The quantitative estimate of drug-likeness (QED) is 0.751. The third-order valence-corrected chi connectivity index (χ3v) is 4.59. The first-order chi connectivity index (χ1) is 13.7. The predicted molar refractivity (Wildman–Crippen MR) is 105 cm³/mol. The van der Waals surface area contributed by atoms with E-state index in [0.29, 0.717) is 11.5 Å². The Labute approximate surface area is 162 Å². The average Bonchev–Trinajstić information content (AvgIpc) is 2.75. The van der Waals surface area contributed by atoms with Crippen LogP contribution in [0.1, 0.15) is 5.56 Å². The molecule has 1 fully saturated rings. The van der Waals surface area contributed by atoms with Gasteiger partial charge in [0.2, 0.25) is 5.95 Å². The highest BCUT2D eigenvalue weighted by Crippen LogP contribution is 2.21. The first-order valence-corrected chi connectivity index (χ1v) is 8.94. The van der Waals surface area contributed by atoms with Crippen molar-refractivity contribution in [3.8, 4) is 6.07 Å². The number of nitrogens with one attached hydrogen (secondary N) is 1. The second kappa shape index (κ2) is 7.88. The zero-order valence-electron chi connectivity index (χ0n) is 15.1. The lowest BCUT2D eigenvalue weighted by molar-refractivity contribution is 0.624. The number of aromatic nitrogens is 3. The smallest absolute Gasteiger partial charge is 0.249 e. The van der Waals surface area contributed by atoms with Gasteiger partial charge in [0.05, 0.1) is 17.8 Å². The van der Waals surface area contributed by atoms with Crippen molar-refractivity contribution >= 4 is 23.1 Å². The largest absolute Gasteiger partial charge is 0.368 e. The molecule has 4 rings (SSSR count). The van der Waals surface area contributed by atoms with Crippen LogP contribution in [-0.2, 0) is 0 Å². The van der Waals surface area contributed by atoms with Crippen molar-refractivity contribution in [2.24, 2.45) is 0 Å². The van der Waals surface area contributed by atoms with Crippen molar-refractivity contribution in [3.63, 3.8) is 0 Å². The second-order valence-corrected chi connectivity index (χ2v) is 6.41. The molecule has 1 N–H and O–H groups in total. The molecule has 2 heterocycles. The van der Waals surface area contributed by atoms with Crippen LogP contribution < -0.4 is 15.1 Å². The normalized spacial score (nSPS) is 13.9. The van der Waals surface area contributed by atoms with Gasteiger partial charge in [-0.15, -0.1) is 5.10 Å². The summed E-state index contributed by atoms with van der Waals surface area (Å²) in [5.41, 5.74) is 2.31. The van der Waals surface area contributed by atoms with E-state index in [2.05, 4.69) is 36.4 Å². The van der Waals surface area contributed by atoms with Gasteiger partial charge in [-0.25, -0.2) is 4.39 Å². The fraction of sp³-hybridized carbons (Fsp3) is 0.200. The number of hydrogen-bond acceptors (Lipinski definition) is 7. The van der Waals surface area contributed by atoms with Crippen molar-refractivity contribution in [2.45, 2.75) is 0 Å². The van der Waals surface area contributed by atoms with Gasteiger partial charge in [0.25, 0.3) is 0 Å². The Hall–Kier alpha value is -3.73. The van der Waals surface area contributed by atoms with Gasteiger partial charge in [0, 0.05) is 37.6 Å². The van der Waals surface area contributed by atoms with Gasteiger partial charge < -0.3 is 15.1 Å². The van der Waals surface area contributed by atoms with E-state index < -0.39 is 0 Å². The van der Waals surface area contributed by atoms with E-state index in [1.54, 1.807) is 36.5 Å². The molecule has 1 aliphatic heterocycles. The van der Waals surface area contributed by atoms with Crippen LogP contribution in [0.3, 0.4) is 0 Å². The van der Waals surface area contributed by atoms with Crippen molar-refractivity contribution in [3.05, 3.63) is 66.1 Å². The Kier molecular flexibility index (Phi) is 4.97. The van der Waals surface area contributed by atoms with Crippen LogP contribution in [0.5, 0.6) is 0 Å². The minimum atomic E-state index is -0.227. The Balaban J connectivity index is 1.42. The van der Waals surface area contributed by atoms with E-state index in [1.807, 2.05) is 6.07 Å². The summed E-state index contributed by atoms with van der Waals surface area (Å²) < 4.78 is 13.1. The van der Waals surface area contributed by atoms with E-state index in [-0.39, 0.29) is 5.82 Å². The van der Waals surface area contributed by atoms with Crippen LogP contribution in [0.25, 0.3) is 0 Å². The zero-order valence-corrected chi connectivity index (χ0v) is 15.1. The molecule has 0 spiro atoms. The van der Waals surface area contributed by atoms with Crippen LogP contribution in [0.15, 0.2) is 54.7 Å². The predicted octanol–water partition coefficient (Wildman–Crippen LogP) is 2.95. The highest BCUT2D eigenvalue weighted by molar-refractivity contribution is 5.57. The number of anilines is 4. The Morgan fingerprint density at radius 2 is 1.75 bits per heavy atom. The number of nitriles is 1. The van der Waals surface area contributed by atoms with Gasteiger partial charge in [-0.1, -0.05) is 6.07 Å². The molecule has 8 heteroatoms. The first-order valence-electron chi connectivity index (χ1n) is 8.94. The number of benzene rings is 2. The van der Waals surface area contributed by atoms with Gasteiger partial charge >= 0.3 is 0 Å². The van der Waals surface area contributed by atoms with Crippen LogP contribution in [0, 0.1) is 17.1 Å². The molecule has 0 unspecified atom stereocenters. The molecule has 0 amide bonds. The lowest BCUT2D eigenvalue weighted by Gasteiger charge is -2.36. The molecule has 0 saturated carbocycles. The van der Waals surface area contributed by atoms with Gasteiger partial charge in [0.15, 0.2) is 5.82 Å². The first kappa shape index (κ1) is 17.7. The molecular formula is C20H18FN7. The third-order valence-electron chi connectivity index (χ3n) is 4.59. The third kappa shape index (κ3) is 3.99. The van der Waals surface area contributed by atoms with Gasteiger partial charge in [0.1, 0.15) is 5.82 Å². The molecule has 140 valence electrons. The molecule has 0 radical (unpaired) electrons. The molecule has 1 aromatic heterocycles. The average molecular weight is 375 g/mol. The molecule has 28 heavy (non-hydrogen) atoms. The molecule has 7 nitrogen and oxygen atoms in total. The van der Waals surface area contributed by atoms with Crippen molar-refractivity contribution in [2.75, 3.05) is 41.3 Å². The maximum Gasteiger partial charge on any atom is 0.249 e. The van der Waals surface area contributed by atoms with E-state index in [0.717, 1.165) is 43.4 Å². The Bertz CT molecular complexity index is 992. The van der Waals surface area contributed by atoms with E-state index in [1.165, 1.54) is 12.1 Å². The van der Waals surface area contributed by atoms with Crippen LogP contribution in [-0.4, -0.2) is 41.4 Å². The molecule has 1 aliphatic rings. The number of halogens is 1. The molecule has 3 aromatic rings. The van der Waals surface area contributed by atoms with Crippen molar-refractivity contribution < 1.29 is 4.39 Å². The van der Waals surface area contributed by atoms with Crippen molar-refractivity contribution in [1.82, 2.24) is 15.2 Å². The number of hydrogen-bond donors (Lipinski definition) is 1. The van der Waals surface area contributed by atoms with E-state index in [4.69, 9.17) is 5.26 Å². The summed E-state index contributed by atoms with van der Waals surface area (Å²) in [5.74, 6) is 0.899. The molecule has 1 saturated heterocycles. The van der Waals surface area contributed by atoms with Crippen LogP contribution in [0.2, 0.25) is 0 Å². The molecule has 0 aliphatic carbocycles. The standard InChI is InChI=1S/C20H18FN7/c21-16-4-6-18(7-5-16)27-8-10-28(11-9-27)19-14-23-26-20(25-19)24-17-3-1-2-15(12-17)13-22/h1-7,12,14H,8-11H2,(H,24,25,26). The molecule has 0 atom stereocenters. The summed E-state index contributed by atoms with van der Waals surface area (Å²) in [6.07, 6.45) is 1.64. The number of rotatable bonds is 4. The summed E-state index contributed by atoms with van der Waals surface area (Å²) in [6, 6.07) is 15.8. The van der Waals surface area contributed by atoms with Crippen LogP contribution >= 0.6 is 0 Å². The Morgan fingerprint density at radius 3 is 2.50 bits per heavy atom. The maximum absolute atomic E-state index is 13.1. The lowest BCUT2D eigenvalue weighted by Crippen LogP contribution is -2.46. The van der Waals surface area contributed by atoms with Crippen molar-refractivity contribution in [1.29, 1.82) is 5.26 Å². The van der Waals surface area contributed by atoms with Gasteiger partial charge in [-0.3, -0.25) is 0 Å². The summed E-state index contributed by atoms with van der Waals surface area (Å²) in [4.78, 5) is 8.91. The summed E-state index contributed by atoms with van der Waals surface area (Å²) >= 11 is 0.